The van der Waals surface area contributed by atoms with Crippen molar-refractivity contribution in [2.75, 3.05) is 26.5 Å². The lowest BCUT2D eigenvalue weighted by atomic mass is 9.78. The van der Waals surface area contributed by atoms with Crippen molar-refractivity contribution in [1.82, 2.24) is 14.8 Å². The lowest BCUT2D eigenvalue weighted by molar-refractivity contribution is -0.137. The third kappa shape index (κ3) is 5.22. The predicted octanol–water partition coefficient (Wildman–Crippen LogP) is 4.38. The van der Waals surface area contributed by atoms with E-state index in [9.17, 15) is 19.6 Å². The van der Waals surface area contributed by atoms with E-state index in [2.05, 4.69) is 16.4 Å². The van der Waals surface area contributed by atoms with Gasteiger partial charge in [-0.3, -0.25) is 14.4 Å². The van der Waals surface area contributed by atoms with Crippen molar-refractivity contribution in [1.29, 1.82) is 5.26 Å². The smallest absolute Gasteiger partial charge is 0.273 e. The van der Waals surface area contributed by atoms with E-state index in [0.29, 0.717) is 23.4 Å². The molecule has 4 rings (SSSR count). The van der Waals surface area contributed by atoms with Crippen LogP contribution in [0.3, 0.4) is 0 Å². The molecule has 2 heterocycles. The molecule has 9 heteroatoms. The maximum Gasteiger partial charge on any atom is 0.273 e. The molecule has 0 bridgehead atoms. The first-order chi connectivity index (χ1) is 19.0. The van der Waals surface area contributed by atoms with Crippen LogP contribution in [0.4, 0.5) is 5.69 Å². The molecule has 0 aliphatic carbocycles. The number of ether oxygens (including phenoxy) is 1. The topological polar surface area (TPSA) is 116 Å². The lowest BCUT2D eigenvalue weighted by Gasteiger charge is -2.35. The van der Waals surface area contributed by atoms with Crippen LogP contribution in [0.1, 0.15) is 49.7 Å². The molecule has 1 aliphatic rings. The highest BCUT2D eigenvalue weighted by molar-refractivity contribution is 6.06. The fourth-order valence-corrected chi connectivity index (χ4v) is 5.32. The van der Waals surface area contributed by atoms with E-state index >= 15 is 0 Å². The van der Waals surface area contributed by atoms with Gasteiger partial charge in [-0.05, 0) is 49.4 Å². The Bertz CT molecular complexity index is 1500. The Morgan fingerprint density at radius 2 is 1.77 bits per heavy atom. The molecule has 9 nitrogen and oxygen atoms in total. The number of amides is 3. The summed E-state index contributed by atoms with van der Waals surface area (Å²) in [5, 5.41) is 13.8. The van der Waals surface area contributed by atoms with Gasteiger partial charge in [-0.1, -0.05) is 44.2 Å². The third-order valence-corrected chi connectivity index (χ3v) is 7.72. The van der Waals surface area contributed by atoms with Crippen LogP contribution < -0.4 is 10.1 Å². The van der Waals surface area contributed by atoms with Crippen LogP contribution in [0.5, 0.6) is 5.75 Å². The maximum atomic E-state index is 13.9. The van der Waals surface area contributed by atoms with E-state index in [0.717, 1.165) is 10.9 Å². The summed E-state index contributed by atoms with van der Waals surface area (Å²) < 4.78 is 5.51. The normalized spacial score (nSPS) is 17.5. The number of benzene rings is 2. The number of carbonyl (C=O) groups excluding carboxylic acids is 3. The van der Waals surface area contributed by atoms with Gasteiger partial charge in [-0.2, -0.15) is 5.26 Å². The Kier molecular flexibility index (Phi) is 8.10. The fourth-order valence-electron chi connectivity index (χ4n) is 5.32. The lowest BCUT2D eigenvalue weighted by Crippen LogP contribution is -2.52. The first kappa shape index (κ1) is 28.6. The number of nitriles is 1. The Balaban J connectivity index is 1.61. The van der Waals surface area contributed by atoms with E-state index in [1.54, 1.807) is 33.2 Å². The minimum atomic E-state index is -0.980. The van der Waals surface area contributed by atoms with Gasteiger partial charge in [0.2, 0.25) is 11.8 Å². The summed E-state index contributed by atoms with van der Waals surface area (Å²) in [7, 11) is 4.67. The van der Waals surface area contributed by atoms with Gasteiger partial charge in [-0.25, -0.2) is 4.98 Å². The van der Waals surface area contributed by atoms with E-state index in [-0.39, 0.29) is 29.8 Å². The van der Waals surface area contributed by atoms with Gasteiger partial charge < -0.3 is 19.9 Å². The number of anilines is 1. The van der Waals surface area contributed by atoms with E-state index in [1.807, 2.05) is 56.3 Å². The van der Waals surface area contributed by atoms with Crippen LogP contribution in [0.25, 0.3) is 10.9 Å². The highest BCUT2D eigenvalue weighted by atomic mass is 16.5. The zero-order valence-electron chi connectivity index (χ0n) is 23.8. The number of likely N-dealkylation sites (N-methyl/N-ethyl adjacent to an activating group) is 2. The number of nitrogens with one attached hydrogen (secondary N) is 1. The molecule has 0 radical (unpaired) electrons. The first-order valence-corrected chi connectivity index (χ1v) is 13.3. The minimum absolute atomic E-state index is 0.0854. The second-order valence-electron chi connectivity index (χ2n) is 10.9. The van der Waals surface area contributed by atoms with Crippen LogP contribution in [-0.2, 0) is 15.0 Å². The molecular formula is C31H35N5O4. The number of methoxy groups -OCH3 is 1. The first-order valence-electron chi connectivity index (χ1n) is 13.3. The van der Waals surface area contributed by atoms with Crippen molar-refractivity contribution in [3.05, 3.63) is 65.9 Å². The number of aromatic nitrogens is 1. The van der Waals surface area contributed by atoms with E-state index in [4.69, 9.17) is 4.74 Å². The SMILES string of the molecule is COc1cc(C(=O)N(C)[C@@H](CC(C)C)C(=O)N(C)[C@H](C#N)C[C@@]2(C)C(=O)Nc3ccccc32)nc2ccccc12. The zero-order chi connectivity index (χ0) is 29.2. The average Bonchev–Trinajstić information content (AvgIpc) is 3.21. The van der Waals surface area contributed by atoms with Crippen LogP contribution >= 0.6 is 0 Å². The highest BCUT2D eigenvalue weighted by Crippen LogP contribution is 2.41. The van der Waals surface area contributed by atoms with Gasteiger partial charge in [0.15, 0.2) is 0 Å². The summed E-state index contributed by atoms with van der Waals surface area (Å²) in [5.74, 6) is -0.418. The van der Waals surface area contributed by atoms with Crippen LogP contribution in [0, 0.1) is 17.2 Å². The van der Waals surface area contributed by atoms with Gasteiger partial charge in [0.1, 0.15) is 23.5 Å². The van der Waals surface area contributed by atoms with Crippen molar-refractivity contribution in [3.8, 4) is 11.8 Å². The molecule has 1 aromatic heterocycles. The summed E-state index contributed by atoms with van der Waals surface area (Å²) in [6, 6.07) is 16.8. The monoisotopic (exact) mass is 541 g/mol. The quantitative estimate of drug-likeness (QED) is 0.430. The molecule has 0 fully saturated rings. The van der Waals surface area contributed by atoms with Gasteiger partial charge in [0, 0.05) is 31.2 Å². The standard InChI is InChI=1S/C31H35N5O4/c1-19(2)15-26(36(5)28(37)25-16-27(40-6)21-11-7-9-13-23(21)33-25)29(38)35(4)20(18-32)17-31(3)22-12-8-10-14-24(22)34-30(31)39/h7-14,16,19-20,26H,15,17H2,1-6H3,(H,34,39)/t20-,26-,31+/m0/s1. The third-order valence-electron chi connectivity index (χ3n) is 7.72. The number of fused-ring (bicyclic) bond motifs is 2. The molecule has 0 saturated heterocycles. The molecule has 3 aromatic rings. The van der Waals surface area contributed by atoms with E-state index < -0.39 is 23.4 Å². The van der Waals surface area contributed by atoms with Crippen molar-refractivity contribution in [2.24, 2.45) is 5.92 Å². The summed E-state index contributed by atoms with van der Waals surface area (Å²) >= 11 is 0. The van der Waals surface area contributed by atoms with Gasteiger partial charge in [0.25, 0.3) is 5.91 Å². The number of para-hydroxylation sites is 2. The summed E-state index contributed by atoms with van der Waals surface area (Å²) in [4.78, 5) is 47.9. The number of pyridine rings is 1. The van der Waals surface area contributed by atoms with Crippen LogP contribution in [0.2, 0.25) is 0 Å². The largest absolute Gasteiger partial charge is 0.496 e. The Labute approximate surface area is 234 Å². The number of hydrogen-bond donors (Lipinski definition) is 1. The molecule has 0 saturated carbocycles. The Morgan fingerprint density at radius 3 is 2.45 bits per heavy atom. The summed E-state index contributed by atoms with van der Waals surface area (Å²) in [5.41, 5.74) is 1.29. The number of hydrogen-bond acceptors (Lipinski definition) is 6. The molecule has 3 atom stereocenters. The van der Waals surface area contributed by atoms with Crippen molar-refractivity contribution >= 4 is 34.3 Å². The number of carbonyl (C=O) groups is 3. The molecular weight excluding hydrogens is 506 g/mol. The van der Waals surface area contributed by atoms with Crippen molar-refractivity contribution < 1.29 is 19.1 Å². The van der Waals surface area contributed by atoms with Gasteiger partial charge in [0.05, 0.1) is 24.1 Å². The van der Waals surface area contributed by atoms with E-state index in [1.165, 1.54) is 16.9 Å². The molecule has 40 heavy (non-hydrogen) atoms. The predicted molar refractivity (Wildman–Crippen MR) is 153 cm³/mol. The molecule has 0 spiro atoms. The maximum absolute atomic E-state index is 13.9. The van der Waals surface area contributed by atoms with Crippen LogP contribution in [-0.4, -0.2) is 65.8 Å². The molecule has 1 N–H and O–H groups in total. The zero-order valence-corrected chi connectivity index (χ0v) is 23.8. The Morgan fingerprint density at radius 1 is 1.10 bits per heavy atom. The Hall–Kier alpha value is -4.45. The molecule has 0 unspecified atom stereocenters. The highest BCUT2D eigenvalue weighted by Gasteiger charge is 2.46. The number of nitrogens with zero attached hydrogens (tertiary/aromatic N) is 4. The van der Waals surface area contributed by atoms with Crippen LogP contribution in [0.15, 0.2) is 54.6 Å². The second-order valence-corrected chi connectivity index (χ2v) is 10.9. The van der Waals surface area contributed by atoms with Crippen molar-refractivity contribution in [3.63, 3.8) is 0 Å². The van der Waals surface area contributed by atoms with Crippen molar-refractivity contribution in [2.45, 2.75) is 51.1 Å². The number of rotatable bonds is 9. The molecule has 3 amide bonds. The van der Waals surface area contributed by atoms with Gasteiger partial charge >= 0.3 is 0 Å². The molecule has 2 aromatic carbocycles. The summed E-state index contributed by atoms with van der Waals surface area (Å²) in [6.07, 6.45) is 0.499. The molecule has 208 valence electrons. The van der Waals surface area contributed by atoms with Gasteiger partial charge in [-0.15, -0.1) is 0 Å². The fraction of sp³-hybridized carbons (Fsp3) is 0.387. The average molecular weight is 542 g/mol. The minimum Gasteiger partial charge on any atom is -0.496 e. The summed E-state index contributed by atoms with van der Waals surface area (Å²) in [6.45, 7) is 5.73. The molecule has 1 aliphatic heterocycles. The second kappa shape index (κ2) is 11.3.